The van der Waals surface area contributed by atoms with Gasteiger partial charge in [0, 0.05) is 24.0 Å². The van der Waals surface area contributed by atoms with Crippen LogP contribution in [0.15, 0.2) is 0 Å². The molecule has 7 N–H and O–H groups in total. The second kappa shape index (κ2) is 18.6. The van der Waals surface area contributed by atoms with E-state index in [1.807, 2.05) is 0 Å². The molecule has 0 aromatic heterocycles. The van der Waals surface area contributed by atoms with Gasteiger partial charge in [-0.05, 0) is 0 Å². The molecule has 9 heteroatoms. The first kappa shape index (κ1) is 23.6. The van der Waals surface area contributed by atoms with Crippen molar-refractivity contribution in [1.82, 2.24) is 0 Å². The van der Waals surface area contributed by atoms with Gasteiger partial charge in [0.25, 0.3) is 5.97 Å². The molecule has 0 saturated heterocycles. The summed E-state index contributed by atoms with van der Waals surface area (Å²) in [6, 6.07) is 0. The van der Waals surface area contributed by atoms with Crippen LogP contribution in [-0.2, 0) is 31.5 Å². The number of carboxylic acid groups (broad SMARTS) is 3. The Morgan fingerprint density at radius 3 is 1.00 bits per heavy atom. The Hall–Kier alpha value is -1.15. The molecule has 92 valence electrons. The van der Waals surface area contributed by atoms with E-state index in [4.69, 9.17) is 20.1 Å². The summed E-state index contributed by atoms with van der Waals surface area (Å²) < 4.78 is 0. The van der Waals surface area contributed by atoms with Crippen LogP contribution in [0.1, 0.15) is 6.92 Å². The summed E-state index contributed by atoms with van der Waals surface area (Å²) in [5.74, 6) is -2.77. The van der Waals surface area contributed by atoms with Crippen molar-refractivity contribution in [2.24, 2.45) is 11.5 Å². The molecule has 0 atom stereocenters. The fourth-order valence-electron chi connectivity index (χ4n) is 0. The molecule has 0 rings (SSSR count). The predicted octanol–water partition coefficient (Wildman–Crippen LogP) is -1.85. The molecule has 0 aliphatic rings. The normalized spacial score (nSPS) is 6.60. The van der Waals surface area contributed by atoms with Gasteiger partial charge in [-0.25, -0.2) is 0 Å². The molecule has 0 heterocycles. The molecule has 0 aliphatic heterocycles. The summed E-state index contributed by atoms with van der Waals surface area (Å²) in [4.78, 5) is 27.5. The summed E-state index contributed by atoms with van der Waals surface area (Å²) in [6.07, 6.45) is 0. The molecule has 0 bridgehead atoms. The van der Waals surface area contributed by atoms with Crippen molar-refractivity contribution in [3.63, 3.8) is 0 Å². The van der Waals surface area contributed by atoms with Gasteiger partial charge in [0.1, 0.15) is 0 Å². The molecule has 0 aromatic carbocycles. The molecule has 15 heavy (non-hydrogen) atoms. The Labute approximate surface area is 96.7 Å². The summed E-state index contributed by atoms with van der Waals surface area (Å²) in [7, 11) is 0. The molecule has 0 spiro atoms. The van der Waals surface area contributed by atoms with Crippen LogP contribution in [0.3, 0.4) is 0 Å². The maximum Gasteiger partial charge on any atom is 0.317 e. The Balaban J connectivity index is -0.0000000590. The van der Waals surface area contributed by atoms with Crippen molar-refractivity contribution in [3.8, 4) is 0 Å². The van der Waals surface area contributed by atoms with Crippen LogP contribution >= 0.6 is 0 Å². The first-order valence-corrected chi connectivity index (χ1v) is 3.31. The Bertz CT molecular complexity index is 168. The summed E-state index contributed by atoms with van der Waals surface area (Å²) >= 11 is 0. The minimum atomic E-state index is -0.968. The number of rotatable bonds is 2. The van der Waals surface area contributed by atoms with E-state index >= 15 is 0 Å². The zero-order chi connectivity index (χ0) is 12.1. The molecule has 0 aliphatic carbocycles. The standard InChI is InChI=1S/2C2H5NO2.C2H4O2.Fe/c2*3-1-2(4)5;1-2(3)4;/h2*1,3H2,(H,4,5);1H3,(H,3,4);. The number of carboxylic acids is 3. The van der Waals surface area contributed by atoms with E-state index in [1.165, 1.54) is 0 Å². The largest absolute Gasteiger partial charge is 0.481 e. The molecular formula is C6H14FeN2O6. The van der Waals surface area contributed by atoms with E-state index < -0.39 is 17.9 Å². The minimum absolute atomic E-state index is 0. The van der Waals surface area contributed by atoms with Gasteiger partial charge in [0.15, 0.2) is 0 Å². The summed E-state index contributed by atoms with van der Waals surface area (Å²) in [5.41, 5.74) is 9.14. The van der Waals surface area contributed by atoms with Crippen LogP contribution in [0, 0.1) is 0 Å². The quantitative estimate of drug-likeness (QED) is 0.363. The van der Waals surface area contributed by atoms with Crippen LogP contribution in [0.4, 0.5) is 0 Å². The van der Waals surface area contributed by atoms with Crippen LogP contribution in [0.2, 0.25) is 0 Å². The second-order valence-electron chi connectivity index (χ2n) is 1.71. The van der Waals surface area contributed by atoms with Gasteiger partial charge in [0.2, 0.25) is 0 Å². The van der Waals surface area contributed by atoms with Crippen LogP contribution in [0.25, 0.3) is 0 Å². The minimum Gasteiger partial charge on any atom is -0.481 e. The number of hydrogen-bond acceptors (Lipinski definition) is 5. The van der Waals surface area contributed by atoms with Gasteiger partial charge in [-0.15, -0.1) is 0 Å². The molecule has 0 radical (unpaired) electrons. The van der Waals surface area contributed by atoms with Crippen LogP contribution in [0.5, 0.6) is 0 Å². The van der Waals surface area contributed by atoms with Crippen LogP contribution in [-0.4, -0.2) is 46.3 Å². The Kier molecular flexibility index (Phi) is 29.2. The van der Waals surface area contributed by atoms with E-state index in [1.54, 1.807) is 0 Å². The number of aliphatic carboxylic acids is 3. The van der Waals surface area contributed by atoms with Crippen molar-refractivity contribution in [2.45, 2.75) is 6.92 Å². The zero-order valence-electron chi connectivity index (χ0n) is 7.99. The Morgan fingerprint density at radius 1 is 0.933 bits per heavy atom. The monoisotopic (exact) mass is 266 g/mol. The van der Waals surface area contributed by atoms with E-state index in [0.717, 1.165) is 6.92 Å². The molecule has 8 nitrogen and oxygen atoms in total. The van der Waals surface area contributed by atoms with Gasteiger partial charge in [-0.2, -0.15) is 0 Å². The molecule has 0 saturated carbocycles. The van der Waals surface area contributed by atoms with E-state index in [-0.39, 0.29) is 30.2 Å². The van der Waals surface area contributed by atoms with E-state index in [9.17, 15) is 9.59 Å². The molecule has 0 aromatic rings. The molecular weight excluding hydrogens is 252 g/mol. The smallest absolute Gasteiger partial charge is 0.317 e. The predicted molar refractivity (Wildman–Crippen MR) is 46.7 cm³/mol. The average Bonchev–Trinajstić information content (AvgIpc) is 2.04. The average molecular weight is 266 g/mol. The van der Waals surface area contributed by atoms with Crippen LogP contribution < -0.4 is 11.5 Å². The fraction of sp³-hybridized carbons (Fsp3) is 0.500. The fourth-order valence-corrected chi connectivity index (χ4v) is 0. The number of hydrogen-bond donors (Lipinski definition) is 5. The third-order valence-corrected chi connectivity index (χ3v) is 0.349. The van der Waals surface area contributed by atoms with Crippen molar-refractivity contribution in [2.75, 3.05) is 13.1 Å². The number of carbonyl (C=O) groups is 3. The third-order valence-electron chi connectivity index (χ3n) is 0.349. The van der Waals surface area contributed by atoms with E-state index in [2.05, 4.69) is 11.5 Å². The van der Waals surface area contributed by atoms with Crippen molar-refractivity contribution in [3.05, 3.63) is 0 Å². The van der Waals surface area contributed by atoms with Gasteiger partial charge >= 0.3 is 11.9 Å². The maximum absolute atomic E-state index is 9.24. The first-order chi connectivity index (χ1) is 6.27. The van der Waals surface area contributed by atoms with Gasteiger partial charge in [0.05, 0.1) is 13.1 Å². The zero-order valence-corrected chi connectivity index (χ0v) is 9.09. The van der Waals surface area contributed by atoms with Gasteiger partial charge in [-0.3, -0.25) is 14.4 Å². The third kappa shape index (κ3) is 186. The Morgan fingerprint density at radius 2 is 1.00 bits per heavy atom. The SMILES string of the molecule is CC(=O)O.NCC(=O)O.NCC(=O)O.[Fe]. The van der Waals surface area contributed by atoms with Crippen molar-refractivity contribution in [1.29, 1.82) is 0 Å². The molecule has 0 fully saturated rings. The van der Waals surface area contributed by atoms with Gasteiger partial charge < -0.3 is 26.8 Å². The topological polar surface area (TPSA) is 164 Å². The summed E-state index contributed by atoms with van der Waals surface area (Å²) in [5, 5.41) is 22.6. The summed E-state index contributed by atoms with van der Waals surface area (Å²) in [6.45, 7) is 0.528. The number of nitrogens with two attached hydrogens (primary N) is 2. The van der Waals surface area contributed by atoms with Crippen molar-refractivity contribution < 1.29 is 46.8 Å². The second-order valence-corrected chi connectivity index (χ2v) is 1.71. The molecule has 0 amide bonds. The maximum atomic E-state index is 9.24. The first-order valence-electron chi connectivity index (χ1n) is 3.31. The van der Waals surface area contributed by atoms with E-state index in [0.29, 0.717) is 0 Å². The van der Waals surface area contributed by atoms with Gasteiger partial charge in [-0.1, -0.05) is 0 Å². The van der Waals surface area contributed by atoms with Crippen molar-refractivity contribution >= 4 is 17.9 Å². The molecule has 0 unspecified atom stereocenters.